The summed E-state index contributed by atoms with van der Waals surface area (Å²) in [5.74, 6) is -1.47. The number of benzene rings is 3. The van der Waals surface area contributed by atoms with Gasteiger partial charge in [-0.15, -0.1) is 0 Å². The molecule has 0 fully saturated rings. The Balaban J connectivity index is 1.53. The van der Waals surface area contributed by atoms with Crippen molar-refractivity contribution in [3.8, 4) is 0 Å². The average molecular weight is 458 g/mol. The van der Waals surface area contributed by atoms with Crippen molar-refractivity contribution in [2.24, 2.45) is 0 Å². The molecule has 0 aromatic heterocycles. The molecule has 0 saturated carbocycles. The van der Waals surface area contributed by atoms with Crippen molar-refractivity contribution >= 4 is 27.2 Å². The molecule has 0 atom stereocenters. The van der Waals surface area contributed by atoms with Gasteiger partial charge in [-0.3, -0.25) is 4.79 Å². The van der Waals surface area contributed by atoms with E-state index in [2.05, 4.69) is 10.7 Å². The Morgan fingerprint density at radius 2 is 1.81 bits per heavy atom. The van der Waals surface area contributed by atoms with Crippen molar-refractivity contribution in [3.63, 3.8) is 0 Å². The Kier molecular flexibility index (Phi) is 5.94. The molecule has 0 saturated heterocycles. The van der Waals surface area contributed by atoms with Gasteiger partial charge in [0.05, 0.1) is 10.6 Å². The van der Waals surface area contributed by atoms with E-state index < -0.39 is 21.7 Å². The van der Waals surface area contributed by atoms with Crippen molar-refractivity contribution in [3.05, 3.63) is 89.0 Å². The van der Waals surface area contributed by atoms with Crippen LogP contribution in [0.5, 0.6) is 0 Å². The molecular formula is C23H21F2N3O3S. The SMILES string of the molecule is CC(=O)c1cccc(S(=O)(=O)N2NCc3ccc(NCCc4cc(F)cc(F)c4)cc32)c1. The molecule has 0 amide bonds. The molecule has 6 nitrogen and oxygen atoms in total. The molecule has 4 rings (SSSR count). The van der Waals surface area contributed by atoms with Crippen LogP contribution < -0.4 is 15.2 Å². The van der Waals surface area contributed by atoms with Crippen molar-refractivity contribution in [1.82, 2.24) is 5.43 Å². The lowest BCUT2D eigenvalue weighted by Gasteiger charge is -2.20. The number of Topliss-reactive ketones (excluding diaryl/α,β-unsaturated/α-hetero) is 1. The van der Waals surface area contributed by atoms with Crippen LogP contribution in [0.25, 0.3) is 0 Å². The maximum Gasteiger partial charge on any atom is 0.277 e. The Bertz CT molecular complexity index is 1280. The van der Waals surface area contributed by atoms with E-state index in [-0.39, 0.29) is 10.7 Å². The molecule has 3 aromatic carbocycles. The molecule has 1 aliphatic heterocycles. The summed E-state index contributed by atoms with van der Waals surface area (Å²) in [5, 5.41) is 3.16. The predicted octanol–water partition coefficient (Wildman–Crippen LogP) is 4.04. The summed E-state index contributed by atoms with van der Waals surface area (Å²) in [4.78, 5) is 11.7. The summed E-state index contributed by atoms with van der Waals surface area (Å²) >= 11 is 0. The topological polar surface area (TPSA) is 78.5 Å². The molecule has 32 heavy (non-hydrogen) atoms. The van der Waals surface area contributed by atoms with E-state index in [0.29, 0.717) is 42.0 Å². The van der Waals surface area contributed by atoms with E-state index in [9.17, 15) is 22.0 Å². The van der Waals surface area contributed by atoms with Gasteiger partial charge in [0.25, 0.3) is 10.0 Å². The molecular weight excluding hydrogens is 436 g/mol. The minimum absolute atomic E-state index is 0.0112. The number of hydrogen-bond acceptors (Lipinski definition) is 5. The fourth-order valence-corrected chi connectivity index (χ4v) is 4.96. The number of hydrazine groups is 1. The standard InChI is InChI=1S/C23H21F2N3O3S/c1-15(29)17-3-2-4-22(11-17)32(30,31)28-23-13-21(6-5-18(23)14-27-28)26-8-7-16-9-19(24)12-20(25)10-16/h2-6,9-13,26-27H,7-8,14H2,1H3. The van der Waals surface area contributed by atoms with Crippen LogP contribution in [0.15, 0.2) is 65.6 Å². The molecule has 166 valence electrons. The van der Waals surface area contributed by atoms with Gasteiger partial charge in [0.2, 0.25) is 0 Å². The third kappa shape index (κ3) is 4.49. The van der Waals surface area contributed by atoms with Crippen LogP contribution in [0.3, 0.4) is 0 Å². The number of carbonyl (C=O) groups excluding carboxylic acids is 1. The molecule has 9 heteroatoms. The summed E-state index contributed by atoms with van der Waals surface area (Å²) in [6.45, 7) is 2.12. The minimum atomic E-state index is -3.94. The summed E-state index contributed by atoms with van der Waals surface area (Å²) in [7, 11) is -3.94. The van der Waals surface area contributed by atoms with E-state index >= 15 is 0 Å². The van der Waals surface area contributed by atoms with Crippen LogP contribution in [-0.4, -0.2) is 20.7 Å². The zero-order valence-electron chi connectivity index (χ0n) is 17.2. The quantitative estimate of drug-likeness (QED) is 0.524. The van der Waals surface area contributed by atoms with Gasteiger partial charge in [-0.2, -0.15) is 12.8 Å². The number of sulfonamides is 1. The van der Waals surface area contributed by atoms with E-state index in [1.54, 1.807) is 12.1 Å². The first-order valence-electron chi connectivity index (χ1n) is 9.95. The largest absolute Gasteiger partial charge is 0.385 e. The Hall–Kier alpha value is -3.30. The lowest BCUT2D eigenvalue weighted by Crippen LogP contribution is -2.38. The van der Waals surface area contributed by atoms with Gasteiger partial charge in [0.15, 0.2) is 5.78 Å². The van der Waals surface area contributed by atoms with E-state index in [4.69, 9.17) is 0 Å². The number of carbonyl (C=O) groups is 1. The summed E-state index contributed by atoms with van der Waals surface area (Å²) in [6, 6.07) is 14.6. The van der Waals surface area contributed by atoms with Crippen LogP contribution in [-0.2, 0) is 23.0 Å². The summed E-state index contributed by atoms with van der Waals surface area (Å²) in [6.07, 6.45) is 0.393. The van der Waals surface area contributed by atoms with E-state index in [0.717, 1.165) is 16.0 Å². The maximum atomic E-state index is 13.3. The Morgan fingerprint density at radius 3 is 2.53 bits per heavy atom. The van der Waals surface area contributed by atoms with Crippen molar-refractivity contribution in [1.29, 1.82) is 0 Å². The molecule has 1 aliphatic rings. The number of hydrogen-bond donors (Lipinski definition) is 2. The van der Waals surface area contributed by atoms with Crippen LogP contribution in [0.2, 0.25) is 0 Å². The predicted molar refractivity (Wildman–Crippen MR) is 118 cm³/mol. The van der Waals surface area contributed by atoms with Crippen LogP contribution >= 0.6 is 0 Å². The van der Waals surface area contributed by atoms with Gasteiger partial charge in [-0.1, -0.05) is 18.2 Å². The minimum Gasteiger partial charge on any atom is -0.385 e. The lowest BCUT2D eigenvalue weighted by molar-refractivity contribution is 0.101. The van der Waals surface area contributed by atoms with E-state index in [1.165, 1.54) is 37.3 Å². The molecule has 2 N–H and O–H groups in total. The zero-order valence-corrected chi connectivity index (χ0v) is 18.0. The summed E-state index contributed by atoms with van der Waals surface area (Å²) in [5.41, 5.74) is 5.66. The normalized spacial score (nSPS) is 13.2. The first-order chi connectivity index (χ1) is 15.2. The van der Waals surface area contributed by atoms with Crippen molar-refractivity contribution in [2.45, 2.75) is 24.8 Å². The second-order valence-corrected chi connectivity index (χ2v) is 9.27. The number of nitrogens with one attached hydrogen (secondary N) is 2. The lowest BCUT2D eigenvalue weighted by atomic mass is 10.1. The molecule has 0 spiro atoms. The molecule has 0 aliphatic carbocycles. The molecule has 0 radical (unpaired) electrons. The fraction of sp³-hybridized carbons (Fsp3) is 0.174. The highest BCUT2D eigenvalue weighted by Gasteiger charge is 2.31. The number of nitrogens with zero attached hydrogens (tertiary/aromatic N) is 1. The van der Waals surface area contributed by atoms with Gasteiger partial charge in [0.1, 0.15) is 11.6 Å². The highest BCUT2D eigenvalue weighted by molar-refractivity contribution is 7.92. The van der Waals surface area contributed by atoms with Gasteiger partial charge >= 0.3 is 0 Å². The van der Waals surface area contributed by atoms with Crippen LogP contribution in [0.1, 0.15) is 28.4 Å². The monoisotopic (exact) mass is 457 g/mol. The smallest absolute Gasteiger partial charge is 0.277 e. The highest BCUT2D eigenvalue weighted by Crippen LogP contribution is 2.33. The number of fused-ring (bicyclic) bond motifs is 1. The molecule has 3 aromatic rings. The second kappa shape index (κ2) is 8.68. The van der Waals surface area contributed by atoms with E-state index in [1.807, 2.05) is 12.1 Å². The molecule has 0 unspecified atom stereocenters. The summed E-state index contributed by atoms with van der Waals surface area (Å²) < 4.78 is 54.2. The third-order valence-electron chi connectivity index (χ3n) is 5.16. The van der Waals surface area contributed by atoms with Crippen molar-refractivity contribution in [2.75, 3.05) is 16.3 Å². The zero-order chi connectivity index (χ0) is 22.9. The average Bonchev–Trinajstić information content (AvgIpc) is 3.17. The first-order valence-corrected chi connectivity index (χ1v) is 11.4. The molecule has 0 bridgehead atoms. The Morgan fingerprint density at radius 1 is 1.06 bits per heavy atom. The van der Waals surface area contributed by atoms with Crippen molar-refractivity contribution < 1.29 is 22.0 Å². The van der Waals surface area contributed by atoms with Crippen LogP contribution in [0.4, 0.5) is 20.2 Å². The number of halogens is 2. The van der Waals surface area contributed by atoms with Gasteiger partial charge in [-0.25, -0.2) is 14.2 Å². The fourth-order valence-electron chi connectivity index (χ4n) is 3.56. The number of ketones is 1. The molecule has 1 heterocycles. The number of anilines is 2. The second-order valence-electron chi connectivity index (χ2n) is 7.49. The highest BCUT2D eigenvalue weighted by atomic mass is 32.2. The third-order valence-corrected chi connectivity index (χ3v) is 6.82. The van der Waals surface area contributed by atoms with Gasteiger partial charge in [-0.05, 0) is 60.9 Å². The Labute approximate surface area is 184 Å². The van der Waals surface area contributed by atoms with Crippen LogP contribution in [0, 0.1) is 11.6 Å². The van der Waals surface area contributed by atoms with Gasteiger partial charge in [0, 0.05) is 30.4 Å². The number of rotatable bonds is 7. The van der Waals surface area contributed by atoms with Gasteiger partial charge < -0.3 is 5.32 Å². The first kappa shape index (κ1) is 21.9. The maximum absolute atomic E-state index is 13.3.